The molecule has 5 heteroatoms. The van der Waals surface area contributed by atoms with E-state index in [-0.39, 0.29) is 29.3 Å². The Hall–Kier alpha value is -2.17. The summed E-state index contributed by atoms with van der Waals surface area (Å²) in [5, 5.41) is 4.35. The van der Waals surface area contributed by atoms with E-state index >= 15 is 0 Å². The number of carbonyl (C=O) groups is 1. The molecule has 162 valence electrons. The van der Waals surface area contributed by atoms with Crippen LogP contribution in [0.15, 0.2) is 23.1 Å². The van der Waals surface area contributed by atoms with E-state index in [1.165, 1.54) is 19.3 Å². The van der Waals surface area contributed by atoms with Gasteiger partial charge in [-0.05, 0) is 62.5 Å². The molecule has 2 aliphatic rings. The SMILES string of the molecule is CCc1cc2c(cn1)cc(C1CC(NC(=O)C3CCCCC3)CCC1C)c(=O)n2C. The molecule has 2 saturated carbocycles. The van der Waals surface area contributed by atoms with Gasteiger partial charge in [0.1, 0.15) is 0 Å². The van der Waals surface area contributed by atoms with Gasteiger partial charge in [-0.15, -0.1) is 0 Å². The molecule has 3 unspecified atom stereocenters. The summed E-state index contributed by atoms with van der Waals surface area (Å²) in [5.41, 5.74) is 2.91. The quantitative estimate of drug-likeness (QED) is 0.811. The molecule has 1 amide bonds. The van der Waals surface area contributed by atoms with Gasteiger partial charge in [0.2, 0.25) is 5.91 Å². The molecule has 30 heavy (non-hydrogen) atoms. The first-order chi connectivity index (χ1) is 14.5. The minimum absolute atomic E-state index is 0.0897. The Bertz CT molecular complexity index is 974. The Balaban J connectivity index is 1.57. The van der Waals surface area contributed by atoms with Gasteiger partial charge in [-0.3, -0.25) is 14.6 Å². The highest BCUT2D eigenvalue weighted by molar-refractivity contribution is 5.80. The number of hydrogen-bond acceptors (Lipinski definition) is 3. The van der Waals surface area contributed by atoms with E-state index in [1.54, 1.807) is 4.57 Å². The molecule has 1 N–H and O–H groups in total. The molecule has 2 fully saturated rings. The molecule has 2 aromatic heterocycles. The van der Waals surface area contributed by atoms with Crippen molar-refractivity contribution in [1.82, 2.24) is 14.9 Å². The zero-order valence-electron chi connectivity index (χ0n) is 18.6. The molecule has 2 heterocycles. The molecule has 0 saturated heterocycles. The van der Waals surface area contributed by atoms with Gasteiger partial charge in [0.15, 0.2) is 0 Å². The lowest BCUT2D eigenvalue weighted by molar-refractivity contribution is -0.127. The number of aromatic nitrogens is 2. The molecule has 4 rings (SSSR count). The van der Waals surface area contributed by atoms with Gasteiger partial charge >= 0.3 is 0 Å². The van der Waals surface area contributed by atoms with Crippen LogP contribution in [0.1, 0.15) is 82.4 Å². The van der Waals surface area contributed by atoms with E-state index in [9.17, 15) is 9.59 Å². The molecule has 0 aromatic carbocycles. The zero-order valence-corrected chi connectivity index (χ0v) is 18.6. The van der Waals surface area contributed by atoms with Crippen LogP contribution >= 0.6 is 0 Å². The Labute approximate surface area is 179 Å². The average Bonchev–Trinajstić information content (AvgIpc) is 2.78. The number of aryl methyl sites for hydroxylation is 2. The minimum Gasteiger partial charge on any atom is -0.353 e. The van der Waals surface area contributed by atoms with E-state index < -0.39 is 0 Å². The van der Waals surface area contributed by atoms with E-state index in [0.29, 0.717) is 5.92 Å². The maximum Gasteiger partial charge on any atom is 0.254 e. The lowest BCUT2D eigenvalue weighted by atomic mass is 9.74. The van der Waals surface area contributed by atoms with Crippen molar-refractivity contribution in [1.29, 1.82) is 0 Å². The van der Waals surface area contributed by atoms with Crippen molar-refractivity contribution in [3.05, 3.63) is 39.9 Å². The van der Waals surface area contributed by atoms with Crippen molar-refractivity contribution in [2.45, 2.75) is 83.6 Å². The van der Waals surface area contributed by atoms with Gasteiger partial charge in [-0.2, -0.15) is 0 Å². The second-order valence-corrected chi connectivity index (χ2v) is 9.49. The van der Waals surface area contributed by atoms with Gasteiger partial charge in [0, 0.05) is 41.8 Å². The van der Waals surface area contributed by atoms with Crippen molar-refractivity contribution in [2.75, 3.05) is 0 Å². The Morgan fingerprint density at radius 1 is 1.17 bits per heavy atom. The highest BCUT2D eigenvalue weighted by Gasteiger charge is 2.33. The van der Waals surface area contributed by atoms with Crippen molar-refractivity contribution < 1.29 is 4.79 Å². The molecule has 0 spiro atoms. The lowest BCUT2D eigenvalue weighted by Crippen LogP contribution is -2.43. The Morgan fingerprint density at radius 2 is 1.93 bits per heavy atom. The van der Waals surface area contributed by atoms with E-state index in [4.69, 9.17) is 0 Å². The summed E-state index contributed by atoms with van der Waals surface area (Å²) in [6.07, 6.45) is 11.3. The molecule has 3 atom stereocenters. The van der Waals surface area contributed by atoms with Crippen LogP contribution in [0.3, 0.4) is 0 Å². The number of pyridine rings is 2. The third kappa shape index (κ3) is 4.17. The monoisotopic (exact) mass is 409 g/mol. The van der Waals surface area contributed by atoms with Crippen LogP contribution in [0.4, 0.5) is 0 Å². The number of nitrogens with one attached hydrogen (secondary N) is 1. The summed E-state index contributed by atoms with van der Waals surface area (Å²) >= 11 is 0. The molecule has 0 bridgehead atoms. The van der Waals surface area contributed by atoms with Gasteiger partial charge in [0.25, 0.3) is 5.56 Å². The second kappa shape index (κ2) is 8.91. The van der Waals surface area contributed by atoms with E-state index in [1.807, 2.05) is 19.3 Å². The normalized spacial score (nSPS) is 25.4. The standard InChI is InChI=1S/C25H35N3O2/c1-4-19-14-23-18(15-26-19)12-22(25(30)28(23)3)21-13-20(11-10-16(21)2)27-24(29)17-8-6-5-7-9-17/h12,14-17,20-21H,4-11,13H2,1-3H3,(H,27,29). The van der Waals surface area contributed by atoms with Gasteiger partial charge in [-0.25, -0.2) is 0 Å². The first-order valence-electron chi connectivity index (χ1n) is 11.8. The predicted molar refractivity (Wildman–Crippen MR) is 121 cm³/mol. The van der Waals surface area contributed by atoms with Crippen LogP contribution in [0, 0.1) is 11.8 Å². The molecule has 0 aliphatic heterocycles. The molecular formula is C25H35N3O2. The third-order valence-corrected chi connectivity index (χ3v) is 7.47. The number of rotatable bonds is 4. The van der Waals surface area contributed by atoms with Crippen LogP contribution in [0.2, 0.25) is 0 Å². The second-order valence-electron chi connectivity index (χ2n) is 9.49. The van der Waals surface area contributed by atoms with Crippen LogP contribution in [0.25, 0.3) is 10.9 Å². The summed E-state index contributed by atoms with van der Waals surface area (Å²) in [6, 6.07) is 4.25. The van der Waals surface area contributed by atoms with Crippen LogP contribution < -0.4 is 10.9 Å². The smallest absolute Gasteiger partial charge is 0.254 e. The third-order valence-electron chi connectivity index (χ3n) is 7.47. The Morgan fingerprint density at radius 3 is 2.67 bits per heavy atom. The van der Waals surface area contributed by atoms with Crippen molar-refractivity contribution in [2.24, 2.45) is 18.9 Å². The minimum atomic E-state index is 0.0897. The topological polar surface area (TPSA) is 64.0 Å². The number of nitrogens with zero attached hydrogens (tertiary/aromatic N) is 2. The maximum atomic E-state index is 13.3. The van der Waals surface area contributed by atoms with Crippen molar-refractivity contribution >= 4 is 16.8 Å². The van der Waals surface area contributed by atoms with Crippen molar-refractivity contribution in [3.8, 4) is 0 Å². The van der Waals surface area contributed by atoms with Crippen molar-refractivity contribution in [3.63, 3.8) is 0 Å². The fourth-order valence-corrected chi connectivity index (χ4v) is 5.46. The average molecular weight is 410 g/mol. The number of amides is 1. The Kier molecular flexibility index (Phi) is 6.26. The molecule has 2 aromatic rings. The first-order valence-corrected chi connectivity index (χ1v) is 11.8. The van der Waals surface area contributed by atoms with Crippen LogP contribution in [0.5, 0.6) is 0 Å². The summed E-state index contributed by atoms with van der Waals surface area (Å²) in [7, 11) is 1.86. The summed E-state index contributed by atoms with van der Waals surface area (Å²) in [6.45, 7) is 4.32. The van der Waals surface area contributed by atoms with Gasteiger partial charge < -0.3 is 9.88 Å². The zero-order chi connectivity index (χ0) is 21.3. The number of fused-ring (bicyclic) bond motifs is 1. The predicted octanol–water partition coefficient (Wildman–Crippen LogP) is 4.46. The largest absolute Gasteiger partial charge is 0.353 e. The summed E-state index contributed by atoms with van der Waals surface area (Å²) < 4.78 is 1.78. The highest BCUT2D eigenvalue weighted by Crippen LogP contribution is 2.37. The van der Waals surface area contributed by atoms with E-state index in [0.717, 1.165) is 60.7 Å². The molecule has 5 nitrogen and oxygen atoms in total. The molecule has 2 aliphatic carbocycles. The first kappa shape index (κ1) is 21.1. The summed E-state index contributed by atoms with van der Waals surface area (Å²) in [5.74, 6) is 1.02. The van der Waals surface area contributed by atoms with Gasteiger partial charge in [-0.1, -0.05) is 33.1 Å². The fraction of sp³-hybridized carbons (Fsp3) is 0.640. The van der Waals surface area contributed by atoms with Gasteiger partial charge in [0.05, 0.1) is 5.52 Å². The summed E-state index contributed by atoms with van der Waals surface area (Å²) in [4.78, 5) is 30.6. The molecular weight excluding hydrogens is 374 g/mol. The van der Waals surface area contributed by atoms with Crippen LogP contribution in [-0.2, 0) is 18.3 Å². The van der Waals surface area contributed by atoms with Crippen LogP contribution in [-0.4, -0.2) is 21.5 Å². The number of carbonyl (C=O) groups excluding carboxylic acids is 1. The maximum absolute atomic E-state index is 13.3. The molecule has 0 radical (unpaired) electrons. The van der Waals surface area contributed by atoms with E-state index in [2.05, 4.69) is 30.2 Å². The highest BCUT2D eigenvalue weighted by atomic mass is 16.2. The number of hydrogen-bond donors (Lipinski definition) is 1. The fourth-order valence-electron chi connectivity index (χ4n) is 5.46. The lowest BCUT2D eigenvalue weighted by Gasteiger charge is -2.36.